The number of fused-ring (bicyclic) bond motifs is 1. The van der Waals surface area contributed by atoms with Crippen molar-refractivity contribution < 1.29 is 14.3 Å². The van der Waals surface area contributed by atoms with Crippen LogP contribution in [-0.4, -0.2) is 87.7 Å². The number of carbonyl (C=O) groups excluding carboxylic acids is 2. The van der Waals surface area contributed by atoms with Crippen molar-refractivity contribution in [3.63, 3.8) is 0 Å². The lowest BCUT2D eigenvalue weighted by Gasteiger charge is -2.38. The molecule has 4 heterocycles. The van der Waals surface area contributed by atoms with Crippen LogP contribution in [0.3, 0.4) is 0 Å². The SMILES string of the molecule is COc1ccccc1N1CCN(C(=O)C2CCN(C(=O)c3ccccc3)CCCc3nnc(-c4cccnc4)n3CC2)CC1. The number of benzene rings is 2. The molecule has 6 rings (SSSR count). The minimum absolute atomic E-state index is 0.000940. The Hall–Kier alpha value is -4.73. The summed E-state index contributed by atoms with van der Waals surface area (Å²) < 4.78 is 7.72. The van der Waals surface area contributed by atoms with Gasteiger partial charge < -0.3 is 24.0 Å². The molecule has 1 saturated heterocycles. The Morgan fingerprint density at radius 2 is 1.57 bits per heavy atom. The molecule has 4 aromatic rings. The molecule has 0 aliphatic carbocycles. The molecule has 10 heteroatoms. The molecule has 1 unspecified atom stereocenters. The molecule has 0 N–H and O–H groups in total. The number of hydrogen-bond donors (Lipinski definition) is 0. The van der Waals surface area contributed by atoms with Crippen molar-refractivity contribution in [3.05, 3.63) is 90.5 Å². The highest BCUT2D eigenvalue weighted by atomic mass is 16.5. The summed E-state index contributed by atoms with van der Waals surface area (Å²) in [6, 6.07) is 21.3. The van der Waals surface area contributed by atoms with Crippen LogP contribution >= 0.6 is 0 Å². The Kier molecular flexibility index (Phi) is 9.14. The number of rotatable bonds is 5. The van der Waals surface area contributed by atoms with E-state index in [4.69, 9.17) is 4.74 Å². The number of aryl methyl sites for hydroxylation is 1. The molecular weight excluding hydrogens is 554 g/mol. The molecule has 2 aliphatic heterocycles. The zero-order valence-corrected chi connectivity index (χ0v) is 25.2. The normalized spacial score (nSPS) is 17.8. The van der Waals surface area contributed by atoms with Crippen molar-refractivity contribution in [2.24, 2.45) is 5.92 Å². The van der Waals surface area contributed by atoms with E-state index < -0.39 is 0 Å². The van der Waals surface area contributed by atoms with Crippen molar-refractivity contribution in [1.29, 1.82) is 0 Å². The van der Waals surface area contributed by atoms with Crippen LogP contribution < -0.4 is 9.64 Å². The number of aromatic nitrogens is 4. The second kappa shape index (κ2) is 13.7. The van der Waals surface area contributed by atoms with Crippen molar-refractivity contribution in [2.45, 2.75) is 32.2 Å². The second-order valence-corrected chi connectivity index (χ2v) is 11.4. The summed E-state index contributed by atoms with van der Waals surface area (Å²) in [5, 5.41) is 9.08. The molecule has 2 aromatic carbocycles. The fourth-order valence-corrected chi connectivity index (χ4v) is 6.27. The highest BCUT2D eigenvalue weighted by molar-refractivity contribution is 5.94. The predicted octanol–water partition coefficient (Wildman–Crippen LogP) is 4.18. The van der Waals surface area contributed by atoms with Gasteiger partial charge in [-0.05, 0) is 55.7 Å². The predicted molar refractivity (Wildman–Crippen MR) is 168 cm³/mol. The van der Waals surface area contributed by atoms with Crippen LogP contribution in [0.2, 0.25) is 0 Å². The summed E-state index contributed by atoms with van der Waals surface area (Å²) >= 11 is 0. The lowest BCUT2D eigenvalue weighted by Crippen LogP contribution is -2.51. The van der Waals surface area contributed by atoms with E-state index in [2.05, 4.69) is 30.7 Å². The average molecular weight is 594 g/mol. The number of nitrogens with zero attached hydrogens (tertiary/aromatic N) is 7. The van der Waals surface area contributed by atoms with Gasteiger partial charge in [0.25, 0.3) is 5.91 Å². The molecule has 1 atom stereocenters. The average Bonchev–Trinajstić information content (AvgIpc) is 3.48. The molecule has 1 fully saturated rings. The van der Waals surface area contributed by atoms with Gasteiger partial charge in [0, 0.05) is 81.7 Å². The fourth-order valence-electron chi connectivity index (χ4n) is 6.27. The number of amides is 2. The van der Waals surface area contributed by atoms with Gasteiger partial charge in [-0.3, -0.25) is 14.6 Å². The van der Waals surface area contributed by atoms with Crippen molar-refractivity contribution in [2.75, 3.05) is 51.3 Å². The first-order valence-electron chi connectivity index (χ1n) is 15.5. The van der Waals surface area contributed by atoms with Crippen molar-refractivity contribution in [1.82, 2.24) is 29.5 Å². The van der Waals surface area contributed by atoms with E-state index >= 15 is 0 Å². The first kappa shape index (κ1) is 29.3. The molecule has 2 amide bonds. The summed E-state index contributed by atoms with van der Waals surface area (Å²) in [4.78, 5) is 38.2. The molecule has 2 aliphatic rings. The number of carbonyl (C=O) groups is 2. The second-order valence-electron chi connectivity index (χ2n) is 11.4. The van der Waals surface area contributed by atoms with E-state index in [1.165, 1.54) is 0 Å². The van der Waals surface area contributed by atoms with E-state index in [-0.39, 0.29) is 17.7 Å². The Morgan fingerprint density at radius 3 is 2.34 bits per heavy atom. The van der Waals surface area contributed by atoms with Gasteiger partial charge in [-0.15, -0.1) is 10.2 Å². The summed E-state index contributed by atoms with van der Waals surface area (Å²) in [5.74, 6) is 2.38. The smallest absolute Gasteiger partial charge is 0.253 e. The van der Waals surface area contributed by atoms with E-state index in [0.29, 0.717) is 57.5 Å². The molecule has 10 nitrogen and oxygen atoms in total. The maximum absolute atomic E-state index is 14.1. The minimum atomic E-state index is -0.242. The highest BCUT2D eigenvalue weighted by Gasteiger charge is 2.30. The number of methoxy groups -OCH3 is 1. The molecule has 0 spiro atoms. The maximum atomic E-state index is 14.1. The molecular formula is C34H39N7O3. The molecule has 0 radical (unpaired) electrons. The van der Waals surface area contributed by atoms with Gasteiger partial charge in [0.05, 0.1) is 12.8 Å². The molecule has 44 heavy (non-hydrogen) atoms. The third-order valence-corrected chi connectivity index (χ3v) is 8.70. The monoisotopic (exact) mass is 593 g/mol. The minimum Gasteiger partial charge on any atom is -0.495 e. The quantitative estimate of drug-likeness (QED) is 0.343. The lowest BCUT2D eigenvalue weighted by atomic mass is 9.98. The van der Waals surface area contributed by atoms with Crippen LogP contribution in [0.25, 0.3) is 11.4 Å². The fraction of sp³-hybridized carbons (Fsp3) is 0.382. The molecule has 0 bridgehead atoms. The number of hydrogen-bond acceptors (Lipinski definition) is 7. The maximum Gasteiger partial charge on any atom is 0.253 e. The standard InChI is InChI=1S/C34H39N7O3/c1-44-30-13-6-5-12-29(30)38-21-23-40(24-22-38)34(43)27-15-19-39(33(42)26-9-3-2-4-10-26)18-8-14-31-36-37-32(41(31)20-16-27)28-11-7-17-35-25-28/h2-7,9-13,17,25,27H,8,14-16,18-24H2,1H3. The van der Waals surface area contributed by atoms with E-state index in [9.17, 15) is 9.59 Å². The van der Waals surface area contributed by atoms with Gasteiger partial charge in [0.1, 0.15) is 11.6 Å². The third kappa shape index (κ3) is 6.44. The lowest BCUT2D eigenvalue weighted by molar-refractivity contribution is -0.136. The molecule has 2 aromatic heterocycles. The number of ether oxygens (including phenoxy) is 1. The van der Waals surface area contributed by atoms with Gasteiger partial charge in [-0.25, -0.2) is 0 Å². The van der Waals surface area contributed by atoms with Gasteiger partial charge in [0.2, 0.25) is 5.91 Å². The number of piperazine rings is 1. The van der Waals surface area contributed by atoms with Gasteiger partial charge in [-0.2, -0.15) is 0 Å². The summed E-state index contributed by atoms with van der Waals surface area (Å²) in [5.41, 5.74) is 2.62. The van der Waals surface area contributed by atoms with Crippen LogP contribution in [0.4, 0.5) is 5.69 Å². The van der Waals surface area contributed by atoms with Crippen LogP contribution in [0.5, 0.6) is 5.75 Å². The van der Waals surface area contributed by atoms with Crippen LogP contribution in [-0.2, 0) is 17.8 Å². The summed E-state index contributed by atoms with van der Waals surface area (Å²) in [6.07, 6.45) is 6.23. The van der Waals surface area contributed by atoms with Crippen LogP contribution in [0, 0.1) is 5.92 Å². The number of anilines is 1. The zero-order chi connectivity index (χ0) is 30.3. The molecule has 0 saturated carbocycles. The van der Waals surface area contributed by atoms with E-state index in [0.717, 1.165) is 48.2 Å². The Bertz CT molecular complexity index is 1550. The van der Waals surface area contributed by atoms with E-state index in [1.807, 2.05) is 70.5 Å². The summed E-state index contributed by atoms with van der Waals surface area (Å²) in [7, 11) is 1.69. The zero-order valence-electron chi connectivity index (χ0n) is 25.2. The highest BCUT2D eigenvalue weighted by Crippen LogP contribution is 2.29. The van der Waals surface area contributed by atoms with Crippen LogP contribution in [0.15, 0.2) is 79.1 Å². The van der Waals surface area contributed by atoms with Gasteiger partial charge >= 0.3 is 0 Å². The topological polar surface area (TPSA) is 96.7 Å². The van der Waals surface area contributed by atoms with Gasteiger partial charge in [0.15, 0.2) is 5.82 Å². The Morgan fingerprint density at radius 1 is 0.795 bits per heavy atom. The Balaban J connectivity index is 1.23. The molecule has 228 valence electrons. The van der Waals surface area contributed by atoms with Crippen LogP contribution in [0.1, 0.15) is 35.4 Å². The first-order valence-corrected chi connectivity index (χ1v) is 15.5. The van der Waals surface area contributed by atoms with Gasteiger partial charge in [-0.1, -0.05) is 30.3 Å². The number of pyridine rings is 1. The largest absolute Gasteiger partial charge is 0.495 e. The third-order valence-electron chi connectivity index (χ3n) is 8.70. The van der Waals surface area contributed by atoms with Crippen molar-refractivity contribution in [3.8, 4) is 17.1 Å². The number of para-hydroxylation sites is 2. The Labute approximate surface area is 258 Å². The summed E-state index contributed by atoms with van der Waals surface area (Å²) in [6.45, 7) is 4.48. The van der Waals surface area contributed by atoms with E-state index in [1.54, 1.807) is 19.5 Å². The first-order chi connectivity index (χ1) is 21.6. The van der Waals surface area contributed by atoms with Crippen molar-refractivity contribution >= 4 is 17.5 Å².